The summed E-state index contributed by atoms with van der Waals surface area (Å²) >= 11 is 0. The maximum Gasteiger partial charge on any atom is 0.220 e. The molecule has 0 saturated carbocycles. The number of benzene rings is 1. The Morgan fingerprint density at radius 1 is 1.35 bits per heavy atom. The summed E-state index contributed by atoms with van der Waals surface area (Å²) < 4.78 is 0. The summed E-state index contributed by atoms with van der Waals surface area (Å²) in [5.41, 5.74) is 1.13. The number of hydrogen-bond donors (Lipinski definition) is 2. The van der Waals surface area contributed by atoms with Gasteiger partial charge in [-0.05, 0) is 18.4 Å². The van der Waals surface area contributed by atoms with Crippen molar-refractivity contribution in [2.24, 2.45) is 0 Å². The van der Waals surface area contributed by atoms with Crippen molar-refractivity contribution in [3.8, 4) is 0 Å². The zero-order valence-corrected chi connectivity index (χ0v) is 10.4. The van der Waals surface area contributed by atoms with Gasteiger partial charge in [-0.25, -0.2) is 0 Å². The van der Waals surface area contributed by atoms with Crippen LogP contribution in [-0.2, 0) is 11.2 Å². The molecule has 3 heteroatoms. The fourth-order valence-corrected chi connectivity index (χ4v) is 1.70. The SMILES string of the molecule is CCCCC(=O)N[C@H](CO)Cc1ccccc1. The van der Waals surface area contributed by atoms with E-state index in [-0.39, 0.29) is 18.6 Å². The average molecular weight is 235 g/mol. The predicted molar refractivity (Wildman–Crippen MR) is 68.7 cm³/mol. The van der Waals surface area contributed by atoms with E-state index < -0.39 is 0 Å². The molecule has 94 valence electrons. The average Bonchev–Trinajstić information content (AvgIpc) is 2.36. The van der Waals surface area contributed by atoms with Crippen molar-refractivity contribution in [2.75, 3.05) is 6.61 Å². The summed E-state index contributed by atoms with van der Waals surface area (Å²) in [6, 6.07) is 9.70. The third-order valence-corrected chi connectivity index (χ3v) is 2.67. The van der Waals surface area contributed by atoms with Crippen LogP contribution >= 0.6 is 0 Å². The first-order chi connectivity index (χ1) is 8.26. The summed E-state index contributed by atoms with van der Waals surface area (Å²) in [5.74, 6) is 0.0295. The first kappa shape index (κ1) is 13.7. The van der Waals surface area contributed by atoms with E-state index in [1.807, 2.05) is 30.3 Å². The van der Waals surface area contributed by atoms with Crippen LogP contribution in [0.4, 0.5) is 0 Å². The quantitative estimate of drug-likeness (QED) is 0.758. The number of aliphatic hydroxyl groups excluding tert-OH is 1. The van der Waals surface area contributed by atoms with Crippen LogP contribution in [0.5, 0.6) is 0 Å². The van der Waals surface area contributed by atoms with Crippen molar-refractivity contribution in [1.82, 2.24) is 5.32 Å². The van der Waals surface area contributed by atoms with Gasteiger partial charge in [0.05, 0.1) is 12.6 Å². The number of rotatable bonds is 7. The molecule has 0 aliphatic carbocycles. The Balaban J connectivity index is 2.41. The molecule has 0 aliphatic heterocycles. The molecule has 1 rings (SSSR count). The van der Waals surface area contributed by atoms with Gasteiger partial charge in [0.15, 0.2) is 0 Å². The third-order valence-electron chi connectivity index (χ3n) is 2.67. The molecule has 0 aliphatic rings. The summed E-state index contributed by atoms with van der Waals surface area (Å²) in [5, 5.41) is 12.1. The fourth-order valence-electron chi connectivity index (χ4n) is 1.70. The number of amides is 1. The van der Waals surface area contributed by atoms with E-state index >= 15 is 0 Å². The lowest BCUT2D eigenvalue weighted by Crippen LogP contribution is -2.38. The van der Waals surface area contributed by atoms with Crippen molar-refractivity contribution in [2.45, 2.75) is 38.6 Å². The molecule has 1 atom stereocenters. The van der Waals surface area contributed by atoms with E-state index in [4.69, 9.17) is 0 Å². The number of carbonyl (C=O) groups excluding carboxylic acids is 1. The van der Waals surface area contributed by atoms with Crippen molar-refractivity contribution >= 4 is 5.91 Å². The van der Waals surface area contributed by atoms with Gasteiger partial charge in [-0.2, -0.15) is 0 Å². The number of nitrogens with one attached hydrogen (secondary N) is 1. The Bertz CT molecular complexity index is 324. The Labute approximate surface area is 103 Å². The highest BCUT2D eigenvalue weighted by Crippen LogP contribution is 2.03. The fraction of sp³-hybridized carbons (Fsp3) is 0.500. The van der Waals surface area contributed by atoms with Crippen LogP contribution in [0.1, 0.15) is 31.7 Å². The Hall–Kier alpha value is -1.35. The Morgan fingerprint density at radius 2 is 2.06 bits per heavy atom. The van der Waals surface area contributed by atoms with Crippen LogP contribution in [0.25, 0.3) is 0 Å². The standard InChI is InChI=1S/C14H21NO2/c1-2-3-9-14(17)15-13(11-16)10-12-7-5-4-6-8-12/h4-8,13,16H,2-3,9-11H2,1H3,(H,15,17)/t13-/m0/s1. The molecular weight excluding hydrogens is 214 g/mol. The van der Waals surface area contributed by atoms with Crippen LogP contribution in [0.3, 0.4) is 0 Å². The van der Waals surface area contributed by atoms with Gasteiger partial charge in [-0.1, -0.05) is 43.7 Å². The smallest absolute Gasteiger partial charge is 0.220 e. The van der Waals surface area contributed by atoms with Crippen LogP contribution in [0, 0.1) is 0 Å². The normalized spacial score (nSPS) is 12.1. The zero-order valence-electron chi connectivity index (χ0n) is 10.4. The molecule has 1 amide bonds. The van der Waals surface area contributed by atoms with E-state index in [0.29, 0.717) is 12.8 Å². The topological polar surface area (TPSA) is 49.3 Å². The van der Waals surface area contributed by atoms with Gasteiger partial charge in [-0.15, -0.1) is 0 Å². The van der Waals surface area contributed by atoms with Gasteiger partial charge in [-0.3, -0.25) is 4.79 Å². The van der Waals surface area contributed by atoms with Crippen molar-refractivity contribution in [1.29, 1.82) is 0 Å². The molecule has 0 saturated heterocycles. The first-order valence-corrected chi connectivity index (χ1v) is 6.20. The molecule has 2 N–H and O–H groups in total. The van der Waals surface area contributed by atoms with Gasteiger partial charge in [0.25, 0.3) is 0 Å². The molecule has 3 nitrogen and oxygen atoms in total. The van der Waals surface area contributed by atoms with Crippen molar-refractivity contribution in [3.05, 3.63) is 35.9 Å². The maximum absolute atomic E-state index is 11.5. The second kappa shape index (κ2) is 7.85. The van der Waals surface area contributed by atoms with E-state index in [0.717, 1.165) is 18.4 Å². The van der Waals surface area contributed by atoms with E-state index in [2.05, 4.69) is 12.2 Å². The van der Waals surface area contributed by atoms with E-state index in [9.17, 15) is 9.90 Å². The monoisotopic (exact) mass is 235 g/mol. The number of carbonyl (C=O) groups is 1. The van der Waals surface area contributed by atoms with E-state index in [1.165, 1.54) is 0 Å². The first-order valence-electron chi connectivity index (χ1n) is 6.20. The molecule has 0 spiro atoms. The van der Waals surface area contributed by atoms with Crippen LogP contribution < -0.4 is 5.32 Å². The summed E-state index contributed by atoms with van der Waals surface area (Å²) in [6.07, 6.45) is 3.13. The van der Waals surface area contributed by atoms with Crippen LogP contribution in [-0.4, -0.2) is 23.7 Å². The highest BCUT2D eigenvalue weighted by molar-refractivity contribution is 5.76. The summed E-state index contributed by atoms with van der Waals surface area (Å²) in [6.45, 7) is 2.04. The molecule has 0 heterocycles. The lowest BCUT2D eigenvalue weighted by molar-refractivity contribution is -0.122. The molecule has 1 aromatic rings. The lowest BCUT2D eigenvalue weighted by atomic mass is 10.1. The molecular formula is C14H21NO2. The minimum Gasteiger partial charge on any atom is -0.394 e. The maximum atomic E-state index is 11.5. The van der Waals surface area contributed by atoms with Gasteiger partial charge < -0.3 is 10.4 Å². The Kier molecular flexibility index (Phi) is 6.33. The highest BCUT2D eigenvalue weighted by atomic mass is 16.3. The van der Waals surface area contributed by atoms with Gasteiger partial charge in [0.2, 0.25) is 5.91 Å². The molecule has 0 bridgehead atoms. The van der Waals surface area contributed by atoms with E-state index in [1.54, 1.807) is 0 Å². The summed E-state index contributed by atoms with van der Waals surface area (Å²) in [4.78, 5) is 11.5. The summed E-state index contributed by atoms with van der Waals surface area (Å²) in [7, 11) is 0. The Morgan fingerprint density at radius 3 is 2.65 bits per heavy atom. The lowest BCUT2D eigenvalue weighted by Gasteiger charge is -2.16. The zero-order chi connectivity index (χ0) is 12.5. The van der Waals surface area contributed by atoms with Gasteiger partial charge in [0, 0.05) is 6.42 Å². The van der Waals surface area contributed by atoms with Crippen LogP contribution in [0.2, 0.25) is 0 Å². The van der Waals surface area contributed by atoms with Crippen LogP contribution in [0.15, 0.2) is 30.3 Å². The molecule has 1 aromatic carbocycles. The number of hydrogen-bond acceptors (Lipinski definition) is 2. The number of aliphatic hydroxyl groups is 1. The highest BCUT2D eigenvalue weighted by Gasteiger charge is 2.11. The second-order valence-corrected chi connectivity index (χ2v) is 4.24. The van der Waals surface area contributed by atoms with Crippen molar-refractivity contribution < 1.29 is 9.90 Å². The van der Waals surface area contributed by atoms with Gasteiger partial charge >= 0.3 is 0 Å². The molecule has 0 fully saturated rings. The minimum absolute atomic E-state index is 0.0211. The third kappa shape index (κ3) is 5.50. The molecule has 17 heavy (non-hydrogen) atoms. The molecule has 0 radical (unpaired) electrons. The molecule has 0 aromatic heterocycles. The molecule has 0 unspecified atom stereocenters. The number of unbranched alkanes of at least 4 members (excludes halogenated alkanes) is 1. The minimum atomic E-state index is -0.179. The van der Waals surface area contributed by atoms with Crippen molar-refractivity contribution in [3.63, 3.8) is 0 Å². The predicted octanol–water partition coefficient (Wildman–Crippen LogP) is 1.90. The largest absolute Gasteiger partial charge is 0.394 e. The second-order valence-electron chi connectivity index (χ2n) is 4.24. The van der Waals surface area contributed by atoms with Gasteiger partial charge in [0.1, 0.15) is 0 Å².